The van der Waals surface area contributed by atoms with E-state index in [9.17, 15) is 4.79 Å². The van der Waals surface area contributed by atoms with Gasteiger partial charge in [-0.1, -0.05) is 0 Å². The highest BCUT2D eigenvalue weighted by Gasteiger charge is 2.49. The summed E-state index contributed by atoms with van der Waals surface area (Å²) in [7, 11) is 0. The van der Waals surface area contributed by atoms with Gasteiger partial charge in [0.2, 0.25) is 0 Å². The van der Waals surface area contributed by atoms with Crippen LogP contribution in [0.5, 0.6) is 0 Å². The number of nitrogens with zero attached hydrogens (tertiary/aromatic N) is 4. The lowest BCUT2D eigenvalue weighted by molar-refractivity contribution is -0.973. The Bertz CT molecular complexity index is 278. The van der Waals surface area contributed by atoms with Gasteiger partial charge in [-0.05, 0) is 0 Å². The van der Waals surface area contributed by atoms with Crippen molar-refractivity contribution in [2.45, 2.75) is 0 Å². The summed E-state index contributed by atoms with van der Waals surface area (Å²) in [5, 5.41) is 11.1. The van der Waals surface area contributed by atoms with Gasteiger partial charge in [0.15, 0.2) is 6.54 Å². The molecule has 4 aliphatic heterocycles. The molecule has 0 aromatic heterocycles. The van der Waals surface area contributed by atoms with E-state index in [1.807, 2.05) is 0 Å². The molecular weight excluding hydrogens is 246 g/mol. The van der Waals surface area contributed by atoms with Crippen molar-refractivity contribution in [3.63, 3.8) is 0 Å². The monoisotopic (exact) mass is 263 g/mol. The number of aliphatic hydroxyl groups excluding tert-OH is 1. The van der Waals surface area contributed by atoms with Crippen LogP contribution in [0.25, 0.3) is 0 Å². The van der Waals surface area contributed by atoms with Gasteiger partial charge in [0, 0.05) is 0 Å². The SMILES string of the molecule is O=C(C[N+]12CN3CN(CN(C3)C1)C2)NCO.[Cl-]. The number of nitrogens with one attached hydrogen (secondary N) is 1. The molecule has 0 saturated carbocycles. The Hall–Kier alpha value is -0.440. The molecule has 0 aromatic rings. The average Bonchev–Trinajstić information content (AvgIpc) is 2.13. The summed E-state index contributed by atoms with van der Waals surface area (Å²) in [6, 6.07) is 0. The number of carbonyl (C=O) groups is 1. The molecule has 0 atom stereocenters. The smallest absolute Gasteiger partial charge is 0.277 e. The summed E-state index contributed by atoms with van der Waals surface area (Å²) in [4.78, 5) is 18.7. The number of halogens is 1. The molecule has 4 saturated heterocycles. The van der Waals surface area contributed by atoms with Crippen molar-refractivity contribution in [1.29, 1.82) is 0 Å². The number of hydrogen-bond acceptors (Lipinski definition) is 5. The Balaban J connectivity index is 0.00000108. The third-order valence-corrected chi connectivity index (χ3v) is 3.46. The van der Waals surface area contributed by atoms with E-state index in [1.54, 1.807) is 0 Å². The largest absolute Gasteiger partial charge is 1.00 e. The first-order valence-electron chi connectivity index (χ1n) is 5.59. The van der Waals surface area contributed by atoms with E-state index in [0.717, 1.165) is 44.5 Å². The van der Waals surface area contributed by atoms with Crippen LogP contribution in [0.1, 0.15) is 0 Å². The van der Waals surface area contributed by atoms with Gasteiger partial charge in [0.05, 0.1) is 20.0 Å². The van der Waals surface area contributed by atoms with Crippen LogP contribution >= 0.6 is 0 Å². The second-order valence-corrected chi connectivity index (χ2v) is 5.12. The molecule has 8 heteroatoms. The highest BCUT2D eigenvalue weighted by molar-refractivity contribution is 5.76. The minimum atomic E-state index is -0.268. The molecule has 4 aliphatic rings. The Morgan fingerprint density at radius 2 is 1.59 bits per heavy atom. The third-order valence-electron chi connectivity index (χ3n) is 3.46. The highest BCUT2D eigenvalue weighted by atomic mass is 35.5. The molecule has 7 nitrogen and oxygen atoms in total. The zero-order valence-corrected chi connectivity index (χ0v) is 10.4. The quantitative estimate of drug-likeness (QED) is 0.393. The molecule has 0 aliphatic carbocycles. The zero-order chi connectivity index (χ0) is 11.2. The van der Waals surface area contributed by atoms with Crippen LogP contribution < -0.4 is 17.7 Å². The lowest BCUT2D eigenvalue weighted by Crippen LogP contribution is -3.00. The fourth-order valence-electron chi connectivity index (χ4n) is 3.26. The third kappa shape index (κ3) is 2.40. The maximum Gasteiger partial charge on any atom is 0.277 e. The molecule has 17 heavy (non-hydrogen) atoms. The number of quaternary nitrogens is 1. The van der Waals surface area contributed by atoms with E-state index in [1.165, 1.54) is 0 Å². The van der Waals surface area contributed by atoms with Crippen LogP contribution in [0.15, 0.2) is 0 Å². The van der Waals surface area contributed by atoms with Gasteiger partial charge in [0.25, 0.3) is 5.91 Å². The van der Waals surface area contributed by atoms with Crippen LogP contribution in [0.3, 0.4) is 0 Å². The summed E-state index contributed by atoms with van der Waals surface area (Å²) < 4.78 is 0.784. The van der Waals surface area contributed by atoms with Crippen molar-refractivity contribution in [3.8, 4) is 0 Å². The molecule has 4 heterocycles. The van der Waals surface area contributed by atoms with Crippen molar-refractivity contribution in [2.24, 2.45) is 0 Å². The number of carbonyl (C=O) groups excluding carboxylic acids is 1. The second kappa shape index (κ2) is 4.68. The van der Waals surface area contributed by atoms with E-state index in [-0.39, 0.29) is 25.0 Å². The Morgan fingerprint density at radius 3 is 2.00 bits per heavy atom. The van der Waals surface area contributed by atoms with E-state index in [2.05, 4.69) is 20.0 Å². The Labute approximate surface area is 107 Å². The lowest BCUT2D eigenvalue weighted by atomic mass is 10.3. The zero-order valence-electron chi connectivity index (χ0n) is 9.68. The number of rotatable bonds is 3. The summed E-state index contributed by atoms with van der Waals surface area (Å²) in [5.41, 5.74) is 0. The molecule has 4 rings (SSSR count). The van der Waals surface area contributed by atoms with Crippen molar-refractivity contribution in [2.75, 3.05) is 53.3 Å². The van der Waals surface area contributed by atoms with Gasteiger partial charge in [-0.2, -0.15) is 0 Å². The number of amides is 1. The standard InChI is InChI=1S/C9H17N5O2.ClH/c15-2-10-9(16)1-14-6-11-3-12(7-14)5-13(4-11)8-14;/h15H,1-8H2;1H. The normalized spacial score (nSPS) is 42.1. The molecule has 1 amide bonds. The second-order valence-electron chi connectivity index (χ2n) is 5.12. The predicted octanol–water partition coefficient (Wildman–Crippen LogP) is -5.43. The lowest BCUT2D eigenvalue weighted by Gasteiger charge is -2.60. The van der Waals surface area contributed by atoms with Crippen molar-refractivity contribution in [3.05, 3.63) is 0 Å². The summed E-state index contributed by atoms with van der Waals surface area (Å²) >= 11 is 0. The van der Waals surface area contributed by atoms with Crippen molar-refractivity contribution < 1.29 is 26.8 Å². The summed E-state index contributed by atoms with van der Waals surface area (Å²) in [6.45, 7) is 6.12. The molecular formula is C9H18ClN5O2. The molecule has 98 valence electrons. The first-order valence-corrected chi connectivity index (χ1v) is 5.59. The van der Waals surface area contributed by atoms with Crippen LogP contribution in [-0.2, 0) is 4.79 Å². The topological polar surface area (TPSA) is 59.1 Å². The van der Waals surface area contributed by atoms with E-state index in [4.69, 9.17) is 5.11 Å². The molecule has 0 radical (unpaired) electrons. The minimum Gasteiger partial charge on any atom is -1.00 e. The highest BCUT2D eigenvalue weighted by Crippen LogP contribution is 2.27. The van der Waals surface area contributed by atoms with E-state index in [0.29, 0.717) is 6.54 Å². The number of hydrogen-bond donors (Lipinski definition) is 2. The molecule has 0 aromatic carbocycles. The maximum absolute atomic E-state index is 11.6. The molecule has 0 unspecified atom stereocenters. The van der Waals surface area contributed by atoms with Gasteiger partial charge in [-0.3, -0.25) is 9.28 Å². The van der Waals surface area contributed by atoms with Crippen LogP contribution in [0.2, 0.25) is 0 Å². The van der Waals surface area contributed by atoms with Crippen molar-refractivity contribution in [1.82, 2.24) is 20.0 Å². The van der Waals surface area contributed by atoms with E-state index < -0.39 is 0 Å². The fraction of sp³-hybridized carbons (Fsp3) is 0.889. The van der Waals surface area contributed by atoms with Crippen molar-refractivity contribution >= 4 is 5.91 Å². The maximum atomic E-state index is 11.6. The fourth-order valence-corrected chi connectivity index (χ4v) is 3.26. The molecule has 0 spiro atoms. The molecule has 4 fully saturated rings. The summed E-state index contributed by atoms with van der Waals surface area (Å²) in [6.07, 6.45) is 0. The molecule has 4 bridgehead atoms. The van der Waals surface area contributed by atoms with Gasteiger partial charge >= 0.3 is 0 Å². The predicted molar refractivity (Wildman–Crippen MR) is 55.1 cm³/mol. The Kier molecular flexibility index (Phi) is 3.58. The van der Waals surface area contributed by atoms with Gasteiger partial charge in [-0.25, -0.2) is 14.7 Å². The summed E-state index contributed by atoms with van der Waals surface area (Å²) in [5.74, 6) is -0.0620. The average molecular weight is 264 g/mol. The van der Waals surface area contributed by atoms with E-state index >= 15 is 0 Å². The van der Waals surface area contributed by atoms with Gasteiger partial charge in [-0.15, -0.1) is 0 Å². The van der Waals surface area contributed by atoms with Crippen LogP contribution in [-0.4, -0.2) is 83.5 Å². The molecule has 2 N–H and O–H groups in total. The van der Waals surface area contributed by atoms with Gasteiger partial charge in [0.1, 0.15) is 26.7 Å². The van der Waals surface area contributed by atoms with Crippen LogP contribution in [0, 0.1) is 0 Å². The van der Waals surface area contributed by atoms with Crippen LogP contribution in [0.4, 0.5) is 0 Å². The first kappa shape index (κ1) is 13.0. The Morgan fingerprint density at radius 1 is 1.12 bits per heavy atom. The van der Waals surface area contributed by atoms with Gasteiger partial charge < -0.3 is 22.8 Å². The first-order chi connectivity index (χ1) is 7.69. The number of aliphatic hydroxyl groups is 1. The minimum absolute atomic E-state index is 0.